The van der Waals surface area contributed by atoms with Crippen LogP contribution in [-0.4, -0.2) is 56.0 Å². The maximum Gasteiger partial charge on any atom is 0.252 e. The highest BCUT2D eigenvalue weighted by molar-refractivity contribution is 7.91. The van der Waals surface area contributed by atoms with Crippen molar-refractivity contribution in [2.24, 2.45) is 5.92 Å². The molecule has 5 rings (SSSR count). The number of rotatable bonds is 6. The Labute approximate surface area is 218 Å². The van der Waals surface area contributed by atoms with Crippen LogP contribution in [0.15, 0.2) is 28.5 Å². The second-order valence-electron chi connectivity index (χ2n) is 9.27. The third-order valence-electron chi connectivity index (χ3n) is 6.60. The Bertz CT molecular complexity index is 1350. The lowest BCUT2D eigenvalue weighted by Crippen LogP contribution is -2.48. The van der Waals surface area contributed by atoms with Gasteiger partial charge in [-0.2, -0.15) is 4.31 Å². The number of thiophene rings is 1. The number of sulfonamides is 1. The predicted molar refractivity (Wildman–Crippen MR) is 141 cm³/mol. The Hall–Kier alpha value is -1.56. The number of fused-ring (bicyclic) bond motifs is 1. The molecule has 2 aromatic heterocycles. The second kappa shape index (κ2) is 10.1. The van der Waals surface area contributed by atoms with Crippen LogP contribution in [-0.2, 0) is 19.6 Å². The van der Waals surface area contributed by atoms with Crippen LogP contribution in [0.4, 0.5) is 5.13 Å². The molecule has 0 bridgehead atoms. The smallest absolute Gasteiger partial charge is 0.252 e. The number of anilines is 1. The summed E-state index contributed by atoms with van der Waals surface area (Å²) in [6, 6.07) is 7.31. The van der Waals surface area contributed by atoms with E-state index in [1.165, 1.54) is 21.7 Å². The Balaban J connectivity index is 1.43. The van der Waals surface area contributed by atoms with Crippen molar-refractivity contribution in [1.82, 2.24) is 9.29 Å². The molecule has 11 heteroatoms. The molecule has 2 aliphatic rings. The zero-order valence-electron chi connectivity index (χ0n) is 19.7. The van der Waals surface area contributed by atoms with Crippen molar-refractivity contribution in [1.29, 1.82) is 0 Å². The van der Waals surface area contributed by atoms with Crippen molar-refractivity contribution in [3.05, 3.63) is 39.7 Å². The van der Waals surface area contributed by atoms with Gasteiger partial charge < -0.3 is 4.74 Å². The van der Waals surface area contributed by atoms with E-state index in [1.807, 2.05) is 6.92 Å². The van der Waals surface area contributed by atoms with E-state index in [0.717, 1.165) is 45.5 Å². The van der Waals surface area contributed by atoms with E-state index in [0.29, 0.717) is 42.0 Å². The van der Waals surface area contributed by atoms with E-state index in [4.69, 9.17) is 21.3 Å². The van der Waals surface area contributed by atoms with Gasteiger partial charge in [0.1, 0.15) is 4.21 Å². The number of halogens is 1. The first-order valence-corrected chi connectivity index (χ1v) is 15.2. The van der Waals surface area contributed by atoms with Crippen molar-refractivity contribution < 1.29 is 17.9 Å². The highest BCUT2D eigenvalue weighted by Crippen LogP contribution is 2.35. The SMILES string of the molecule is Cc1cc(C)c2nc(N(CC3CCCO3)C(=O)C3CCCN(S(=O)(=O)c4ccc(Cl)s4)C3)sc2c1. The van der Waals surface area contributed by atoms with Crippen LogP contribution < -0.4 is 4.90 Å². The molecule has 0 saturated carbocycles. The molecule has 4 heterocycles. The number of benzene rings is 1. The molecular formula is C24H28ClN3O4S3. The number of nitrogens with zero attached hydrogens (tertiary/aromatic N) is 3. The Morgan fingerprint density at radius 3 is 2.77 bits per heavy atom. The standard InChI is InChI=1S/C24H28ClN3O4S3/c1-15-11-16(2)22-19(12-15)33-24(26-22)28(14-18-6-4-10-32-18)23(29)17-5-3-9-27(13-17)35(30,31)21-8-7-20(25)34-21/h7-8,11-12,17-18H,3-6,9-10,13-14H2,1-2H3. The lowest BCUT2D eigenvalue weighted by atomic mass is 9.98. The molecule has 2 saturated heterocycles. The monoisotopic (exact) mass is 553 g/mol. The third kappa shape index (κ3) is 5.14. The maximum absolute atomic E-state index is 13.9. The van der Waals surface area contributed by atoms with Crippen molar-refractivity contribution in [3.63, 3.8) is 0 Å². The number of ether oxygens (including phenoxy) is 1. The molecule has 0 radical (unpaired) electrons. The van der Waals surface area contributed by atoms with Gasteiger partial charge in [0.2, 0.25) is 5.91 Å². The van der Waals surface area contributed by atoms with Gasteiger partial charge in [-0.3, -0.25) is 9.69 Å². The first kappa shape index (κ1) is 25.1. The topological polar surface area (TPSA) is 79.8 Å². The number of carbonyl (C=O) groups excluding carboxylic acids is 1. The fraction of sp³-hybridized carbons (Fsp3) is 0.500. The molecule has 1 amide bonds. The van der Waals surface area contributed by atoms with E-state index in [9.17, 15) is 13.2 Å². The Morgan fingerprint density at radius 1 is 1.23 bits per heavy atom. The molecular weight excluding hydrogens is 526 g/mol. The van der Waals surface area contributed by atoms with E-state index in [2.05, 4.69) is 19.1 Å². The van der Waals surface area contributed by atoms with Crippen LogP contribution in [0.2, 0.25) is 4.34 Å². The molecule has 0 spiro atoms. The molecule has 0 aliphatic carbocycles. The highest BCUT2D eigenvalue weighted by Gasteiger charge is 2.37. The van der Waals surface area contributed by atoms with E-state index < -0.39 is 15.9 Å². The number of hydrogen-bond acceptors (Lipinski definition) is 7. The number of thiazole rings is 1. The largest absolute Gasteiger partial charge is 0.376 e. The van der Waals surface area contributed by atoms with Gasteiger partial charge in [0.05, 0.1) is 33.1 Å². The summed E-state index contributed by atoms with van der Waals surface area (Å²) in [5, 5.41) is 0.652. The van der Waals surface area contributed by atoms with Crippen LogP contribution in [0, 0.1) is 19.8 Å². The first-order valence-electron chi connectivity index (χ1n) is 11.8. The van der Waals surface area contributed by atoms with Crippen LogP contribution in [0.1, 0.15) is 36.8 Å². The summed E-state index contributed by atoms with van der Waals surface area (Å²) in [5.74, 6) is -0.525. The summed E-state index contributed by atoms with van der Waals surface area (Å²) in [6.45, 7) is 5.77. The van der Waals surface area contributed by atoms with Gasteiger partial charge in [0, 0.05) is 19.7 Å². The van der Waals surface area contributed by atoms with Crippen LogP contribution >= 0.6 is 34.3 Å². The predicted octanol–water partition coefficient (Wildman–Crippen LogP) is 5.24. The summed E-state index contributed by atoms with van der Waals surface area (Å²) < 4.78 is 35.4. The van der Waals surface area contributed by atoms with Gasteiger partial charge in [0.25, 0.3) is 10.0 Å². The molecule has 7 nitrogen and oxygen atoms in total. The average molecular weight is 554 g/mol. The zero-order chi connectivity index (χ0) is 24.7. The van der Waals surface area contributed by atoms with Crippen LogP contribution in [0.5, 0.6) is 0 Å². The Kier molecular flexibility index (Phi) is 7.22. The van der Waals surface area contributed by atoms with Crippen molar-refractivity contribution in [2.45, 2.75) is 49.8 Å². The van der Waals surface area contributed by atoms with E-state index in [1.54, 1.807) is 11.0 Å². The second-order valence-corrected chi connectivity index (χ2v) is 14.2. The molecule has 35 heavy (non-hydrogen) atoms. The van der Waals surface area contributed by atoms with Gasteiger partial charge in [-0.15, -0.1) is 11.3 Å². The number of aryl methyl sites for hydroxylation is 2. The van der Waals surface area contributed by atoms with Gasteiger partial charge in [0.15, 0.2) is 5.13 Å². The van der Waals surface area contributed by atoms with E-state index in [-0.39, 0.29) is 22.8 Å². The zero-order valence-corrected chi connectivity index (χ0v) is 22.9. The van der Waals surface area contributed by atoms with Gasteiger partial charge in [-0.05, 0) is 68.9 Å². The third-order valence-corrected chi connectivity index (χ3v) is 11.2. The molecule has 0 N–H and O–H groups in total. The quantitative estimate of drug-likeness (QED) is 0.417. The number of carbonyl (C=O) groups is 1. The van der Waals surface area contributed by atoms with Gasteiger partial charge in [-0.25, -0.2) is 13.4 Å². The minimum Gasteiger partial charge on any atom is -0.376 e. The average Bonchev–Trinajstić information content (AvgIpc) is 3.58. The summed E-state index contributed by atoms with van der Waals surface area (Å²) in [4.78, 5) is 20.5. The number of amides is 1. The first-order chi connectivity index (χ1) is 16.7. The molecule has 2 aliphatic heterocycles. The lowest BCUT2D eigenvalue weighted by molar-refractivity contribution is -0.123. The van der Waals surface area contributed by atoms with Crippen molar-refractivity contribution in [3.8, 4) is 0 Å². The molecule has 2 atom stereocenters. The van der Waals surface area contributed by atoms with E-state index >= 15 is 0 Å². The number of hydrogen-bond donors (Lipinski definition) is 0. The summed E-state index contributed by atoms with van der Waals surface area (Å²) in [5.41, 5.74) is 3.14. The summed E-state index contributed by atoms with van der Waals surface area (Å²) in [7, 11) is -3.69. The lowest BCUT2D eigenvalue weighted by Gasteiger charge is -2.34. The summed E-state index contributed by atoms with van der Waals surface area (Å²) >= 11 is 8.54. The van der Waals surface area contributed by atoms with Crippen LogP contribution in [0.25, 0.3) is 10.2 Å². The molecule has 188 valence electrons. The summed E-state index contributed by atoms with van der Waals surface area (Å²) in [6.07, 6.45) is 3.10. The molecule has 2 fully saturated rings. The number of aromatic nitrogens is 1. The minimum atomic E-state index is -3.69. The maximum atomic E-state index is 13.9. The van der Waals surface area contributed by atoms with Gasteiger partial charge in [-0.1, -0.05) is 29.0 Å². The molecule has 2 unspecified atom stereocenters. The van der Waals surface area contributed by atoms with Crippen molar-refractivity contribution >= 4 is 65.6 Å². The fourth-order valence-electron chi connectivity index (χ4n) is 4.87. The molecule has 1 aromatic carbocycles. The normalized spacial score (nSPS) is 21.6. The highest BCUT2D eigenvalue weighted by atomic mass is 35.5. The van der Waals surface area contributed by atoms with Gasteiger partial charge >= 0.3 is 0 Å². The molecule has 3 aromatic rings. The van der Waals surface area contributed by atoms with Crippen LogP contribution in [0.3, 0.4) is 0 Å². The minimum absolute atomic E-state index is 0.0366. The Morgan fingerprint density at radius 2 is 2.06 bits per heavy atom. The fourth-order valence-corrected chi connectivity index (χ4v) is 9.19. The van der Waals surface area contributed by atoms with Crippen molar-refractivity contribution in [2.75, 3.05) is 31.1 Å². The number of piperidine rings is 1.